The molecule has 9 rings (SSSR count). The molecular weight excluding hydrogens is 482 g/mol. The van der Waals surface area contributed by atoms with E-state index in [0.29, 0.717) is 5.95 Å². The summed E-state index contributed by atoms with van der Waals surface area (Å²) in [5.41, 5.74) is 5.28. The van der Waals surface area contributed by atoms with Gasteiger partial charge in [0.15, 0.2) is 0 Å². The van der Waals surface area contributed by atoms with Crippen LogP contribution in [0.2, 0.25) is 0 Å². The summed E-state index contributed by atoms with van der Waals surface area (Å²) >= 11 is 1.86. The molecular formula is C34H19N3S. The molecule has 0 spiro atoms. The van der Waals surface area contributed by atoms with Gasteiger partial charge in [0.25, 0.3) is 0 Å². The van der Waals surface area contributed by atoms with Crippen LogP contribution >= 0.6 is 11.8 Å². The topological polar surface area (TPSA) is 30.7 Å². The van der Waals surface area contributed by atoms with E-state index < -0.39 is 0 Å². The maximum atomic E-state index is 5.29. The highest BCUT2D eigenvalue weighted by atomic mass is 32.2. The van der Waals surface area contributed by atoms with E-state index in [2.05, 4.69) is 120 Å². The van der Waals surface area contributed by atoms with Crippen LogP contribution in [0.4, 0.5) is 0 Å². The Morgan fingerprint density at radius 1 is 0.526 bits per heavy atom. The highest BCUT2D eigenvalue weighted by Gasteiger charge is 2.24. The van der Waals surface area contributed by atoms with Gasteiger partial charge in [-0.1, -0.05) is 90.6 Å². The van der Waals surface area contributed by atoms with Crippen molar-refractivity contribution in [1.82, 2.24) is 14.5 Å². The van der Waals surface area contributed by atoms with Crippen LogP contribution in [0.15, 0.2) is 125 Å². The van der Waals surface area contributed by atoms with Crippen molar-refractivity contribution >= 4 is 66.0 Å². The summed E-state index contributed by atoms with van der Waals surface area (Å²) in [7, 11) is 0. The molecule has 3 heterocycles. The van der Waals surface area contributed by atoms with Gasteiger partial charge in [0, 0.05) is 36.9 Å². The second kappa shape index (κ2) is 7.44. The summed E-state index contributed by atoms with van der Waals surface area (Å²) in [6.45, 7) is 0. The van der Waals surface area contributed by atoms with Gasteiger partial charge in [0.05, 0.1) is 22.2 Å². The molecule has 0 N–H and O–H groups in total. The van der Waals surface area contributed by atoms with Crippen molar-refractivity contribution < 1.29 is 0 Å². The number of hydrogen-bond donors (Lipinski definition) is 0. The van der Waals surface area contributed by atoms with Crippen LogP contribution in [0.3, 0.4) is 0 Å². The van der Waals surface area contributed by atoms with Gasteiger partial charge in [-0.15, -0.1) is 0 Å². The lowest BCUT2D eigenvalue weighted by Crippen LogP contribution is -2.03. The molecule has 0 amide bonds. The van der Waals surface area contributed by atoms with Gasteiger partial charge in [-0.2, -0.15) is 0 Å². The molecule has 0 saturated carbocycles. The average molecular weight is 502 g/mol. The van der Waals surface area contributed by atoms with Gasteiger partial charge in [0.2, 0.25) is 5.95 Å². The third kappa shape index (κ3) is 2.70. The highest BCUT2D eigenvalue weighted by Crippen LogP contribution is 2.49. The Kier molecular flexibility index (Phi) is 3.99. The quantitative estimate of drug-likeness (QED) is 0.237. The Hall–Kier alpha value is -4.67. The normalized spacial score (nSPS) is 12.6. The molecule has 0 radical (unpaired) electrons. The van der Waals surface area contributed by atoms with E-state index in [1.165, 1.54) is 42.1 Å². The molecule has 4 heteroatoms. The molecule has 0 saturated heterocycles. The molecule has 38 heavy (non-hydrogen) atoms. The minimum Gasteiger partial charge on any atom is -0.278 e. The van der Waals surface area contributed by atoms with Crippen molar-refractivity contribution in [2.24, 2.45) is 0 Å². The highest BCUT2D eigenvalue weighted by molar-refractivity contribution is 8.00. The number of nitrogens with zero attached hydrogens (tertiary/aromatic N) is 3. The fourth-order valence-electron chi connectivity index (χ4n) is 6.09. The molecule has 0 fully saturated rings. The third-order valence-electron chi connectivity index (χ3n) is 7.76. The van der Waals surface area contributed by atoms with Crippen LogP contribution in [-0.2, 0) is 0 Å². The summed E-state index contributed by atoms with van der Waals surface area (Å²) < 4.78 is 2.26. The van der Waals surface area contributed by atoms with E-state index in [9.17, 15) is 0 Å². The molecule has 3 nitrogen and oxygen atoms in total. The van der Waals surface area contributed by atoms with Crippen molar-refractivity contribution in [3.8, 4) is 17.2 Å². The molecule has 6 aromatic carbocycles. The first kappa shape index (κ1) is 20.4. The Labute approximate surface area is 222 Å². The number of hydrogen-bond acceptors (Lipinski definition) is 3. The smallest absolute Gasteiger partial charge is 0.235 e. The third-order valence-corrected chi connectivity index (χ3v) is 8.88. The maximum Gasteiger partial charge on any atom is 0.235 e. The fourth-order valence-corrected chi connectivity index (χ4v) is 7.25. The molecule has 0 aliphatic carbocycles. The predicted octanol–water partition coefficient (Wildman–Crippen LogP) is 9.16. The second-order valence-corrected chi connectivity index (χ2v) is 10.9. The van der Waals surface area contributed by atoms with Crippen LogP contribution in [0, 0.1) is 0 Å². The van der Waals surface area contributed by atoms with E-state index in [1.54, 1.807) is 0 Å². The van der Waals surface area contributed by atoms with Gasteiger partial charge >= 0.3 is 0 Å². The minimum absolute atomic E-state index is 0.702. The van der Waals surface area contributed by atoms with Crippen LogP contribution < -0.4 is 0 Å². The Morgan fingerprint density at radius 2 is 1.26 bits per heavy atom. The molecule has 0 atom stereocenters. The van der Waals surface area contributed by atoms with Gasteiger partial charge in [0.1, 0.15) is 0 Å². The van der Waals surface area contributed by atoms with E-state index in [0.717, 1.165) is 33.2 Å². The lowest BCUT2D eigenvalue weighted by molar-refractivity contribution is 1.01. The summed E-state index contributed by atoms with van der Waals surface area (Å²) in [6, 6.07) is 41.0. The van der Waals surface area contributed by atoms with Crippen LogP contribution in [0.5, 0.6) is 0 Å². The van der Waals surface area contributed by atoms with Gasteiger partial charge in [-0.05, 0) is 52.6 Å². The summed E-state index contributed by atoms with van der Waals surface area (Å²) in [4.78, 5) is 13.0. The molecule has 1 aliphatic rings. The van der Waals surface area contributed by atoms with Crippen LogP contribution in [-0.4, -0.2) is 14.5 Å². The lowest BCUT2D eigenvalue weighted by Gasteiger charge is -2.14. The molecule has 0 unspecified atom stereocenters. The Morgan fingerprint density at radius 3 is 2.21 bits per heavy atom. The number of para-hydroxylation sites is 1. The number of aromatic nitrogens is 3. The van der Waals surface area contributed by atoms with Crippen LogP contribution in [0.1, 0.15) is 0 Å². The van der Waals surface area contributed by atoms with Crippen molar-refractivity contribution in [1.29, 1.82) is 0 Å². The van der Waals surface area contributed by atoms with E-state index in [1.807, 2.05) is 11.8 Å². The number of rotatable bonds is 2. The van der Waals surface area contributed by atoms with Gasteiger partial charge < -0.3 is 0 Å². The van der Waals surface area contributed by atoms with Crippen molar-refractivity contribution in [3.05, 3.63) is 115 Å². The first-order valence-corrected chi connectivity index (χ1v) is 13.6. The maximum absolute atomic E-state index is 5.29. The minimum atomic E-state index is 0.702. The summed E-state index contributed by atoms with van der Waals surface area (Å²) in [6.07, 6.45) is 0. The standard InChI is InChI=1S/C34H19N3S/c1-2-8-22-19-23(16-15-20(22)7-1)33-24-10-3-4-11-25(24)35-34(36-33)37-26-12-6-14-29-31(26)32-27(37)18-17-21-9-5-13-28(38-29)30(21)32/h1-19H. The molecule has 176 valence electrons. The van der Waals surface area contributed by atoms with Crippen LogP contribution in [0.25, 0.3) is 71.5 Å². The SMILES string of the molecule is c1ccc2cc(-c3nc(-n4c5cccc6c5c5c7c(cccc7ccc54)S6)nc4ccccc34)ccc2c1. The van der Waals surface area contributed by atoms with Crippen molar-refractivity contribution in [2.75, 3.05) is 0 Å². The van der Waals surface area contributed by atoms with Crippen molar-refractivity contribution in [3.63, 3.8) is 0 Å². The zero-order chi connectivity index (χ0) is 24.8. The average Bonchev–Trinajstić information content (AvgIpc) is 3.32. The first-order chi connectivity index (χ1) is 18.8. The molecule has 2 aromatic heterocycles. The first-order valence-electron chi connectivity index (χ1n) is 12.8. The van der Waals surface area contributed by atoms with Crippen molar-refractivity contribution in [2.45, 2.75) is 9.79 Å². The Balaban J connectivity index is 1.41. The summed E-state index contributed by atoms with van der Waals surface area (Å²) in [5.74, 6) is 0.702. The predicted molar refractivity (Wildman–Crippen MR) is 158 cm³/mol. The summed E-state index contributed by atoms with van der Waals surface area (Å²) in [5, 5.41) is 8.68. The largest absolute Gasteiger partial charge is 0.278 e. The van der Waals surface area contributed by atoms with E-state index in [4.69, 9.17) is 9.97 Å². The molecule has 1 aliphatic heterocycles. The lowest BCUT2D eigenvalue weighted by atomic mass is 10.0. The Bertz CT molecular complexity index is 2280. The second-order valence-electron chi connectivity index (χ2n) is 9.85. The monoisotopic (exact) mass is 501 g/mol. The zero-order valence-corrected chi connectivity index (χ0v) is 21.0. The molecule has 0 bridgehead atoms. The van der Waals surface area contributed by atoms with Gasteiger partial charge in [-0.25, -0.2) is 9.97 Å². The zero-order valence-electron chi connectivity index (χ0n) is 20.2. The van der Waals surface area contributed by atoms with E-state index in [-0.39, 0.29) is 0 Å². The van der Waals surface area contributed by atoms with E-state index >= 15 is 0 Å². The van der Waals surface area contributed by atoms with Gasteiger partial charge in [-0.3, -0.25) is 4.57 Å². The fraction of sp³-hybridized carbons (Fsp3) is 0. The number of fused-ring (bicyclic) bond motifs is 2. The number of benzene rings is 6. The molecule has 8 aromatic rings.